The van der Waals surface area contributed by atoms with Crippen molar-refractivity contribution in [3.63, 3.8) is 0 Å². The van der Waals surface area contributed by atoms with Crippen molar-refractivity contribution in [3.8, 4) is 10.7 Å². The molecule has 1 aliphatic heterocycles. The van der Waals surface area contributed by atoms with Gasteiger partial charge in [-0.3, -0.25) is 10.2 Å². The van der Waals surface area contributed by atoms with Crippen LogP contribution in [0.4, 0.5) is 5.13 Å². The molecule has 2 aromatic heterocycles. The Hall–Kier alpha value is -1.21. The number of anilines is 1. The highest BCUT2D eigenvalue weighted by Crippen LogP contribution is 2.35. The monoisotopic (exact) mass is 309 g/mol. The standard InChI is InChI=1S/C13H19N5S2/c1-3-9-10(11-15-12(19)17-16-11)20-13(14-9)18-7-5-4-6-8(18)2/h8H,3-7H2,1-2H3,(H2,15,16,17,19). The van der Waals surface area contributed by atoms with Crippen LogP contribution in [0.15, 0.2) is 0 Å². The molecule has 0 spiro atoms. The third kappa shape index (κ3) is 2.52. The number of hydrogen-bond donors (Lipinski definition) is 2. The van der Waals surface area contributed by atoms with Crippen LogP contribution in [0.5, 0.6) is 0 Å². The van der Waals surface area contributed by atoms with Gasteiger partial charge in [-0.2, -0.15) is 4.98 Å². The van der Waals surface area contributed by atoms with E-state index in [0.29, 0.717) is 10.8 Å². The van der Waals surface area contributed by atoms with Gasteiger partial charge in [-0.1, -0.05) is 18.3 Å². The summed E-state index contributed by atoms with van der Waals surface area (Å²) in [5.41, 5.74) is 1.10. The molecule has 0 bridgehead atoms. The van der Waals surface area contributed by atoms with Crippen LogP contribution in [-0.2, 0) is 6.42 Å². The molecule has 5 nitrogen and oxygen atoms in total. The van der Waals surface area contributed by atoms with Gasteiger partial charge in [-0.25, -0.2) is 4.98 Å². The Labute approximate surface area is 127 Å². The van der Waals surface area contributed by atoms with Crippen LogP contribution in [0.25, 0.3) is 10.7 Å². The molecule has 7 heteroatoms. The number of aryl methyl sites for hydroxylation is 1. The first kappa shape index (κ1) is 13.8. The predicted octanol–water partition coefficient (Wildman–Crippen LogP) is 3.53. The molecule has 1 atom stereocenters. The molecule has 0 saturated carbocycles. The Morgan fingerprint density at radius 3 is 2.85 bits per heavy atom. The van der Waals surface area contributed by atoms with Crippen LogP contribution in [0, 0.1) is 4.77 Å². The van der Waals surface area contributed by atoms with Crippen LogP contribution < -0.4 is 4.90 Å². The van der Waals surface area contributed by atoms with E-state index in [1.165, 1.54) is 19.3 Å². The highest BCUT2D eigenvalue weighted by Gasteiger charge is 2.23. The van der Waals surface area contributed by atoms with E-state index in [4.69, 9.17) is 17.2 Å². The van der Waals surface area contributed by atoms with Gasteiger partial charge >= 0.3 is 0 Å². The topological polar surface area (TPSA) is 60.6 Å². The molecule has 108 valence electrons. The lowest BCUT2D eigenvalue weighted by Crippen LogP contribution is -2.37. The Kier molecular flexibility index (Phi) is 3.89. The van der Waals surface area contributed by atoms with E-state index in [2.05, 4.69) is 33.9 Å². The van der Waals surface area contributed by atoms with Crippen LogP contribution in [-0.4, -0.2) is 32.8 Å². The van der Waals surface area contributed by atoms with Gasteiger partial charge < -0.3 is 4.90 Å². The third-order valence-corrected chi connectivity index (χ3v) is 5.12. The first-order chi connectivity index (χ1) is 9.69. The van der Waals surface area contributed by atoms with E-state index in [9.17, 15) is 0 Å². The van der Waals surface area contributed by atoms with E-state index in [1.807, 2.05) is 0 Å². The van der Waals surface area contributed by atoms with Crippen molar-refractivity contribution < 1.29 is 0 Å². The number of nitrogens with one attached hydrogen (secondary N) is 2. The van der Waals surface area contributed by atoms with E-state index >= 15 is 0 Å². The Morgan fingerprint density at radius 2 is 2.20 bits per heavy atom. The smallest absolute Gasteiger partial charge is 0.213 e. The number of nitrogens with zero attached hydrogens (tertiary/aromatic N) is 3. The molecular formula is C13H19N5S2. The summed E-state index contributed by atoms with van der Waals surface area (Å²) < 4.78 is 0.489. The largest absolute Gasteiger partial charge is 0.345 e. The average Bonchev–Trinajstić information content (AvgIpc) is 3.05. The second-order valence-corrected chi connectivity index (χ2v) is 6.54. The molecule has 3 heterocycles. The number of hydrogen-bond acceptors (Lipinski definition) is 5. The maximum absolute atomic E-state index is 5.04. The first-order valence-electron chi connectivity index (χ1n) is 7.10. The summed E-state index contributed by atoms with van der Waals surface area (Å²) in [6.07, 6.45) is 4.73. The highest BCUT2D eigenvalue weighted by molar-refractivity contribution is 7.71. The molecule has 1 fully saturated rings. The zero-order valence-corrected chi connectivity index (χ0v) is 13.4. The minimum absolute atomic E-state index is 0.489. The van der Waals surface area contributed by atoms with Crippen molar-refractivity contribution in [2.45, 2.75) is 45.6 Å². The van der Waals surface area contributed by atoms with Gasteiger partial charge in [0, 0.05) is 12.6 Å². The number of piperidine rings is 1. The fraction of sp³-hybridized carbons (Fsp3) is 0.615. The quantitative estimate of drug-likeness (QED) is 0.852. The van der Waals surface area contributed by atoms with Crippen LogP contribution in [0.3, 0.4) is 0 Å². The van der Waals surface area contributed by atoms with Crippen molar-refractivity contribution in [1.29, 1.82) is 0 Å². The zero-order chi connectivity index (χ0) is 14.1. The molecule has 0 aliphatic carbocycles. The zero-order valence-electron chi connectivity index (χ0n) is 11.8. The second-order valence-electron chi connectivity index (χ2n) is 5.18. The molecule has 2 N–H and O–H groups in total. The van der Waals surface area contributed by atoms with Crippen molar-refractivity contribution in [2.24, 2.45) is 0 Å². The van der Waals surface area contributed by atoms with Crippen LogP contribution in [0.1, 0.15) is 38.8 Å². The van der Waals surface area contributed by atoms with Gasteiger partial charge in [0.2, 0.25) is 4.77 Å². The number of H-pyrrole nitrogens is 2. The molecule has 20 heavy (non-hydrogen) atoms. The number of thiazole rings is 1. The summed E-state index contributed by atoms with van der Waals surface area (Å²) in [7, 11) is 0. The van der Waals surface area contributed by atoms with Crippen molar-refractivity contribution >= 4 is 28.7 Å². The average molecular weight is 309 g/mol. The molecule has 1 saturated heterocycles. The van der Waals surface area contributed by atoms with E-state index in [0.717, 1.165) is 34.5 Å². The fourth-order valence-electron chi connectivity index (χ4n) is 2.65. The number of aromatic amines is 2. The minimum Gasteiger partial charge on any atom is -0.345 e. The van der Waals surface area contributed by atoms with E-state index in [1.54, 1.807) is 11.3 Å². The second kappa shape index (κ2) is 5.65. The summed E-state index contributed by atoms with van der Waals surface area (Å²) in [5, 5.41) is 7.01. The fourth-order valence-corrected chi connectivity index (χ4v) is 4.02. The lowest BCUT2D eigenvalue weighted by atomic mass is 10.1. The van der Waals surface area contributed by atoms with Gasteiger partial charge in [0.1, 0.15) is 0 Å². The number of rotatable bonds is 3. The highest BCUT2D eigenvalue weighted by atomic mass is 32.1. The molecule has 2 aromatic rings. The molecular weight excluding hydrogens is 290 g/mol. The van der Waals surface area contributed by atoms with Gasteiger partial charge in [0.15, 0.2) is 11.0 Å². The molecule has 1 unspecified atom stereocenters. The number of aromatic nitrogens is 4. The molecule has 0 amide bonds. The SMILES string of the molecule is CCc1nc(N2CCCCC2C)sc1-c1nc(=S)[nH][nH]1. The van der Waals surface area contributed by atoms with Gasteiger partial charge in [0.25, 0.3) is 0 Å². The summed E-state index contributed by atoms with van der Waals surface area (Å²) in [6.45, 7) is 5.52. The lowest BCUT2D eigenvalue weighted by Gasteiger charge is -2.33. The summed E-state index contributed by atoms with van der Waals surface area (Å²) in [5.74, 6) is 0.806. The lowest BCUT2D eigenvalue weighted by molar-refractivity contribution is 0.484. The molecule has 3 rings (SSSR count). The van der Waals surface area contributed by atoms with Crippen molar-refractivity contribution in [3.05, 3.63) is 10.5 Å². The van der Waals surface area contributed by atoms with E-state index in [-0.39, 0.29) is 0 Å². The Balaban J connectivity index is 1.98. The van der Waals surface area contributed by atoms with Gasteiger partial charge in [-0.15, -0.1) is 0 Å². The Bertz CT molecular complexity index is 641. The minimum atomic E-state index is 0.489. The maximum atomic E-state index is 5.04. The van der Waals surface area contributed by atoms with Crippen LogP contribution >= 0.6 is 23.6 Å². The summed E-state index contributed by atoms with van der Waals surface area (Å²) in [6, 6.07) is 0.574. The summed E-state index contributed by atoms with van der Waals surface area (Å²) in [4.78, 5) is 12.7. The molecule has 0 radical (unpaired) electrons. The van der Waals surface area contributed by atoms with Crippen LogP contribution in [0.2, 0.25) is 0 Å². The van der Waals surface area contributed by atoms with Crippen molar-refractivity contribution in [1.82, 2.24) is 20.2 Å². The summed E-state index contributed by atoms with van der Waals surface area (Å²) >= 11 is 6.75. The van der Waals surface area contributed by atoms with Gasteiger partial charge in [0.05, 0.1) is 10.6 Å². The Morgan fingerprint density at radius 1 is 1.35 bits per heavy atom. The molecule has 1 aliphatic rings. The van der Waals surface area contributed by atoms with Gasteiger partial charge in [-0.05, 0) is 44.8 Å². The maximum Gasteiger partial charge on any atom is 0.213 e. The third-order valence-electron chi connectivity index (χ3n) is 3.79. The van der Waals surface area contributed by atoms with Crippen molar-refractivity contribution in [2.75, 3.05) is 11.4 Å². The molecule has 0 aromatic carbocycles. The first-order valence-corrected chi connectivity index (χ1v) is 8.33. The normalized spacial score (nSPS) is 19.5. The predicted molar refractivity (Wildman–Crippen MR) is 84.9 cm³/mol. The van der Waals surface area contributed by atoms with E-state index < -0.39 is 0 Å².